The van der Waals surface area contributed by atoms with Crippen molar-refractivity contribution in [2.75, 3.05) is 31.1 Å². The van der Waals surface area contributed by atoms with E-state index in [1.165, 1.54) is 42.8 Å². The first-order valence-electron chi connectivity index (χ1n) is 11.1. The SMILES string of the molecule is CCCCN(CCCC)[N+]1=C2CC=CC=C2Oc2cc(N(CC)CC)ccc21. The Morgan fingerprint density at radius 3 is 2.36 bits per heavy atom. The lowest BCUT2D eigenvalue weighted by Crippen LogP contribution is -2.41. The van der Waals surface area contributed by atoms with Gasteiger partial charge in [-0.3, -0.25) is 0 Å². The molecular formula is C24H36N3O+. The molecule has 1 heterocycles. The van der Waals surface area contributed by atoms with E-state index in [2.05, 4.69) is 78.7 Å². The third-order valence-corrected chi connectivity index (χ3v) is 5.58. The van der Waals surface area contributed by atoms with Crippen molar-refractivity contribution < 1.29 is 9.42 Å². The Kier molecular flexibility index (Phi) is 7.18. The normalized spacial score (nSPS) is 14.9. The van der Waals surface area contributed by atoms with E-state index in [0.717, 1.165) is 44.1 Å². The number of hydrazine groups is 1. The second-order valence-electron chi connectivity index (χ2n) is 7.51. The molecule has 2 aliphatic rings. The van der Waals surface area contributed by atoms with E-state index >= 15 is 0 Å². The van der Waals surface area contributed by atoms with Gasteiger partial charge in [0.1, 0.15) is 0 Å². The molecule has 152 valence electrons. The number of nitrogens with zero attached hydrogens (tertiary/aromatic N) is 3. The van der Waals surface area contributed by atoms with Crippen LogP contribution in [0.1, 0.15) is 59.8 Å². The zero-order valence-electron chi connectivity index (χ0n) is 18.1. The molecular weight excluding hydrogens is 346 g/mol. The van der Waals surface area contributed by atoms with Gasteiger partial charge in [0.25, 0.3) is 11.4 Å². The molecule has 0 saturated heterocycles. The summed E-state index contributed by atoms with van der Waals surface area (Å²) in [6, 6.07) is 6.70. The van der Waals surface area contributed by atoms with Gasteiger partial charge in [-0.15, -0.1) is 0 Å². The minimum absolute atomic E-state index is 0.915. The van der Waals surface area contributed by atoms with E-state index in [-0.39, 0.29) is 0 Å². The molecule has 28 heavy (non-hydrogen) atoms. The molecule has 4 nitrogen and oxygen atoms in total. The molecule has 0 N–H and O–H groups in total. The highest BCUT2D eigenvalue weighted by Crippen LogP contribution is 2.39. The maximum absolute atomic E-state index is 6.38. The monoisotopic (exact) mass is 382 g/mol. The average molecular weight is 383 g/mol. The fourth-order valence-corrected chi connectivity index (χ4v) is 3.94. The van der Waals surface area contributed by atoms with E-state index in [4.69, 9.17) is 4.74 Å². The topological polar surface area (TPSA) is 18.7 Å². The molecule has 0 aromatic heterocycles. The van der Waals surface area contributed by atoms with Crippen molar-refractivity contribution in [1.82, 2.24) is 5.01 Å². The molecule has 0 fully saturated rings. The number of benzene rings is 1. The number of hydrogen-bond acceptors (Lipinski definition) is 3. The van der Waals surface area contributed by atoms with Crippen LogP contribution >= 0.6 is 0 Å². The fraction of sp³-hybridized carbons (Fsp3) is 0.542. The van der Waals surface area contributed by atoms with Crippen molar-refractivity contribution in [3.05, 3.63) is 42.2 Å². The van der Waals surface area contributed by atoms with Crippen LogP contribution in [0.2, 0.25) is 0 Å². The summed E-state index contributed by atoms with van der Waals surface area (Å²) >= 11 is 0. The molecule has 0 amide bonds. The van der Waals surface area contributed by atoms with Crippen molar-refractivity contribution in [2.45, 2.75) is 59.8 Å². The summed E-state index contributed by atoms with van der Waals surface area (Å²) in [5.74, 6) is 1.96. The maximum Gasteiger partial charge on any atom is 0.278 e. The minimum Gasteiger partial charge on any atom is -0.443 e. The number of rotatable bonds is 10. The summed E-state index contributed by atoms with van der Waals surface area (Å²) in [4.78, 5) is 2.37. The Morgan fingerprint density at radius 2 is 1.71 bits per heavy atom. The predicted molar refractivity (Wildman–Crippen MR) is 119 cm³/mol. The predicted octanol–water partition coefficient (Wildman–Crippen LogP) is 5.67. The smallest absolute Gasteiger partial charge is 0.278 e. The molecule has 0 radical (unpaired) electrons. The standard InChI is InChI=1S/C24H36N3O/c1-5-9-17-26(18-10-6-2)27-21-13-11-12-14-23(21)28-24-19-20(15-16-22(24)27)25(7-3)8-4/h11-12,14-16,19H,5-10,13,17-18H2,1-4H3/q+1. The van der Waals surface area contributed by atoms with Crippen molar-refractivity contribution in [2.24, 2.45) is 0 Å². The van der Waals surface area contributed by atoms with Crippen LogP contribution < -0.4 is 9.64 Å². The number of fused-ring (bicyclic) bond motifs is 2. The largest absolute Gasteiger partial charge is 0.443 e. The number of hydrazone groups is 1. The van der Waals surface area contributed by atoms with Crippen LogP contribution in [0.15, 0.2) is 42.2 Å². The Bertz CT molecular complexity index is 751. The van der Waals surface area contributed by atoms with Crippen LogP contribution in [0.25, 0.3) is 0 Å². The summed E-state index contributed by atoms with van der Waals surface area (Å²) in [6.07, 6.45) is 12.2. The van der Waals surface area contributed by atoms with E-state index in [9.17, 15) is 0 Å². The van der Waals surface area contributed by atoms with Crippen molar-refractivity contribution >= 4 is 17.1 Å². The molecule has 1 aromatic rings. The lowest BCUT2D eigenvalue weighted by molar-refractivity contribution is -0.626. The lowest BCUT2D eigenvalue weighted by atomic mass is 10.1. The van der Waals surface area contributed by atoms with Gasteiger partial charge >= 0.3 is 0 Å². The Labute approximate surface area is 170 Å². The van der Waals surface area contributed by atoms with Crippen molar-refractivity contribution in [3.63, 3.8) is 0 Å². The van der Waals surface area contributed by atoms with E-state index in [1.807, 2.05) is 0 Å². The highest BCUT2D eigenvalue weighted by atomic mass is 16.5. The summed E-state index contributed by atoms with van der Waals surface area (Å²) in [5, 5.41) is 2.54. The van der Waals surface area contributed by atoms with Gasteiger partial charge in [-0.2, -0.15) is 5.01 Å². The van der Waals surface area contributed by atoms with Gasteiger partial charge in [0.05, 0.1) is 19.5 Å². The zero-order valence-corrected chi connectivity index (χ0v) is 18.1. The molecule has 0 spiro atoms. The summed E-state index contributed by atoms with van der Waals surface area (Å²) in [7, 11) is 0. The first-order chi connectivity index (χ1) is 13.7. The lowest BCUT2D eigenvalue weighted by Gasteiger charge is -2.29. The van der Waals surface area contributed by atoms with E-state index in [1.54, 1.807) is 0 Å². The fourth-order valence-electron chi connectivity index (χ4n) is 3.94. The molecule has 1 aromatic carbocycles. The molecule has 4 heteroatoms. The third-order valence-electron chi connectivity index (χ3n) is 5.58. The maximum atomic E-state index is 6.38. The van der Waals surface area contributed by atoms with Gasteiger partial charge in [0.2, 0.25) is 5.75 Å². The van der Waals surface area contributed by atoms with Gasteiger partial charge in [-0.25, -0.2) is 0 Å². The molecule has 0 saturated carbocycles. The number of hydrogen-bond donors (Lipinski definition) is 0. The van der Waals surface area contributed by atoms with Crippen molar-refractivity contribution in [3.8, 4) is 5.75 Å². The van der Waals surface area contributed by atoms with E-state index < -0.39 is 0 Å². The zero-order chi connectivity index (χ0) is 19.9. The van der Waals surface area contributed by atoms with Crippen LogP contribution in [0.5, 0.6) is 5.75 Å². The number of ether oxygens (including phenoxy) is 1. The van der Waals surface area contributed by atoms with Crippen LogP contribution in [-0.4, -0.2) is 41.6 Å². The summed E-state index contributed by atoms with van der Waals surface area (Å²) < 4.78 is 8.83. The van der Waals surface area contributed by atoms with Gasteiger partial charge in [-0.05, 0) is 38.8 Å². The Morgan fingerprint density at radius 1 is 1.00 bits per heavy atom. The van der Waals surface area contributed by atoms with Gasteiger partial charge in [-0.1, -0.05) is 43.5 Å². The van der Waals surface area contributed by atoms with Crippen LogP contribution in [0, 0.1) is 0 Å². The second-order valence-corrected chi connectivity index (χ2v) is 7.51. The Balaban J connectivity index is 2.06. The van der Waals surface area contributed by atoms with Crippen LogP contribution in [0.4, 0.5) is 11.4 Å². The number of allylic oxidation sites excluding steroid dienone is 4. The Hall–Kier alpha value is -2.23. The van der Waals surface area contributed by atoms with Gasteiger partial charge in [0, 0.05) is 30.9 Å². The molecule has 3 rings (SSSR count). The molecule has 1 aliphatic heterocycles. The molecule has 1 aliphatic carbocycles. The molecule has 0 unspecified atom stereocenters. The average Bonchev–Trinajstić information content (AvgIpc) is 2.73. The number of anilines is 1. The minimum atomic E-state index is 0.915. The van der Waals surface area contributed by atoms with Gasteiger partial charge in [0.15, 0.2) is 5.76 Å². The van der Waals surface area contributed by atoms with E-state index in [0.29, 0.717) is 0 Å². The van der Waals surface area contributed by atoms with Crippen molar-refractivity contribution in [1.29, 1.82) is 0 Å². The quantitative estimate of drug-likeness (QED) is 0.486. The number of unbranched alkanes of at least 4 members (excludes halogenated alkanes) is 2. The second kappa shape index (κ2) is 9.81. The summed E-state index contributed by atoms with van der Waals surface area (Å²) in [6.45, 7) is 13.1. The van der Waals surface area contributed by atoms with Crippen LogP contribution in [0.3, 0.4) is 0 Å². The van der Waals surface area contributed by atoms with Gasteiger partial charge < -0.3 is 9.64 Å². The third kappa shape index (κ3) is 4.26. The molecule has 0 atom stereocenters. The highest BCUT2D eigenvalue weighted by Gasteiger charge is 2.36. The summed E-state index contributed by atoms with van der Waals surface area (Å²) in [5.41, 5.74) is 3.66. The first kappa shape index (κ1) is 20.5. The molecule has 0 bridgehead atoms. The highest BCUT2D eigenvalue weighted by molar-refractivity contribution is 5.99. The van der Waals surface area contributed by atoms with Crippen LogP contribution in [-0.2, 0) is 0 Å². The first-order valence-corrected chi connectivity index (χ1v) is 11.1.